The zero-order valence-electron chi connectivity index (χ0n) is 9.06. The number of amides is 1. The Kier molecular flexibility index (Phi) is 4.50. The Hall–Kier alpha value is -1.85. The van der Waals surface area contributed by atoms with E-state index in [1.165, 1.54) is 6.33 Å². The van der Waals surface area contributed by atoms with Gasteiger partial charge in [0.2, 0.25) is 5.91 Å². The smallest absolute Gasteiger partial charge is 0.326 e. The maximum atomic E-state index is 11.3. The normalized spacial score (nSPS) is 12.1. The molecule has 3 N–H and O–H groups in total. The molecule has 0 spiro atoms. The summed E-state index contributed by atoms with van der Waals surface area (Å²) in [5, 5.41) is 11.4. The van der Waals surface area contributed by atoms with Gasteiger partial charge in [-0.2, -0.15) is 0 Å². The lowest BCUT2D eigenvalue weighted by Gasteiger charge is -2.13. The van der Waals surface area contributed by atoms with Crippen molar-refractivity contribution in [1.29, 1.82) is 0 Å². The van der Waals surface area contributed by atoms with Gasteiger partial charge in [-0.1, -0.05) is 6.92 Å². The number of carbonyl (C=O) groups is 2. The molecular formula is C10H15N3O3. The van der Waals surface area contributed by atoms with E-state index < -0.39 is 12.0 Å². The van der Waals surface area contributed by atoms with E-state index in [1.54, 1.807) is 6.20 Å². The number of carbonyl (C=O) groups excluding carboxylic acids is 1. The molecule has 0 aliphatic rings. The number of aromatic amines is 1. The summed E-state index contributed by atoms with van der Waals surface area (Å²) in [4.78, 5) is 28.8. The number of rotatable bonds is 6. The Bertz CT molecular complexity index is 348. The summed E-state index contributed by atoms with van der Waals surface area (Å²) in [6.45, 7) is 1.87. The summed E-state index contributed by atoms with van der Waals surface area (Å²) in [6.07, 6.45) is 4.27. The van der Waals surface area contributed by atoms with Crippen LogP contribution < -0.4 is 5.32 Å². The highest BCUT2D eigenvalue weighted by molar-refractivity contribution is 5.83. The Morgan fingerprint density at radius 3 is 2.88 bits per heavy atom. The quantitative estimate of drug-likeness (QED) is 0.649. The van der Waals surface area contributed by atoms with Crippen LogP contribution in [0.15, 0.2) is 12.5 Å². The van der Waals surface area contributed by atoms with Crippen molar-refractivity contribution in [3.05, 3.63) is 18.2 Å². The Morgan fingerprint density at radius 1 is 1.62 bits per heavy atom. The lowest BCUT2D eigenvalue weighted by Crippen LogP contribution is -2.42. The molecule has 1 atom stereocenters. The minimum atomic E-state index is -1.04. The second-order valence-corrected chi connectivity index (χ2v) is 3.49. The number of nitrogens with one attached hydrogen (secondary N) is 2. The summed E-state index contributed by atoms with van der Waals surface area (Å²) >= 11 is 0. The van der Waals surface area contributed by atoms with Gasteiger partial charge in [-0.3, -0.25) is 4.79 Å². The number of imidazole rings is 1. The average molecular weight is 225 g/mol. The third kappa shape index (κ3) is 3.72. The fraction of sp³-hybridized carbons (Fsp3) is 0.500. The van der Waals surface area contributed by atoms with Crippen molar-refractivity contribution in [1.82, 2.24) is 15.3 Å². The number of hydrogen-bond donors (Lipinski definition) is 3. The Labute approximate surface area is 93.1 Å². The van der Waals surface area contributed by atoms with E-state index in [0.29, 0.717) is 18.5 Å². The van der Waals surface area contributed by atoms with Gasteiger partial charge >= 0.3 is 5.97 Å². The minimum absolute atomic E-state index is 0.213. The Balaban J connectivity index is 2.54. The number of H-pyrrole nitrogens is 1. The first kappa shape index (κ1) is 12.2. The van der Waals surface area contributed by atoms with Crippen LogP contribution in [0.5, 0.6) is 0 Å². The van der Waals surface area contributed by atoms with Crippen LogP contribution in [0.2, 0.25) is 0 Å². The second-order valence-electron chi connectivity index (χ2n) is 3.49. The molecule has 0 aromatic carbocycles. The summed E-state index contributed by atoms with van der Waals surface area (Å²) in [7, 11) is 0. The first-order valence-electron chi connectivity index (χ1n) is 5.13. The highest BCUT2D eigenvalue weighted by atomic mass is 16.4. The van der Waals surface area contributed by atoms with Gasteiger partial charge in [0, 0.05) is 24.7 Å². The molecule has 1 aromatic heterocycles. The fourth-order valence-corrected chi connectivity index (χ4v) is 1.31. The molecule has 0 fully saturated rings. The number of nitrogens with zero attached hydrogens (tertiary/aromatic N) is 1. The van der Waals surface area contributed by atoms with Gasteiger partial charge < -0.3 is 15.4 Å². The third-order valence-corrected chi connectivity index (χ3v) is 2.09. The molecule has 88 valence electrons. The van der Waals surface area contributed by atoms with Crippen LogP contribution in [-0.2, 0) is 16.0 Å². The molecule has 6 nitrogen and oxygen atoms in total. The van der Waals surface area contributed by atoms with Gasteiger partial charge in [0.25, 0.3) is 0 Å². The monoisotopic (exact) mass is 225 g/mol. The predicted molar refractivity (Wildman–Crippen MR) is 56.8 cm³/mol. The van der Waals surface area contributed by atoms with E-state index in [4.69, 9.17) is 5.11 Å². The van der Waals surface area contributed by atoms with E-state index >= 15 is 0 Å². The SMILES string of the molecule is CCCC(=O)N[C@H](Cc1cnc[nH]1)C(=O)O. The van der Waals surface area contributed by atoms with Gasteiger partial charge in [0.15, 0.2) is 0 Å². The predicted octanol–water partition coefficient (Wildman–Crippen LogP) is 0.322. The molecule has 0 unspecified atom stereocenters. The standard InChI is InChI=1S/C10H15N3O3/c1-2-3-9(14)13-8(10(15)16)4-7-5-11-6-12-7/h5-6,8H,2-4H2,1H3,(H,11,12)(H,13,14)(H,15,16)/t8-/m1/s1. The van der Waals surface area contributed by atoms with Crippen molar-refractivity contribution >= 4 is 11.9 Å². The summed E-state index contributed by atoms with van der Waals surface area (Å²) < 4.78 is 0. The molecule has 0 radical (unpaired) electrons. The third-order valence-electron chi connectivity index (χ3n) is 2.09. The van der Waals surface area contributed by atoms with Crippen molar-refractivity contribution < 1.29 is 14.7 Å². The van der Waals surface area contributed by atoms with Gasteiger partial charge in [-0.25, -0.2) is 9.78 Å². The lowest BCUT2D eigenvalue weighted by molar-refractivity contribution is -0.141. The molecule has 0 saturated heterocycles. The van der Waals surface area contributed by atoms with E-state index in [0.717, 1.165) is 0 Å². The minimum Gasteiger partial charge on any atom is -0.480 e. The van der Waals surface area contributed by atoms with E-state index in [9.17, 15) is 9.59 Å². The zero-order valence-corrected chi connectivity index (χ0v) is 9.06. The van der Waals surface area contributed by atoms with Gasteiger partial charge in [-0.05, 0) is 6.42 Å². The molecule has 6 heteroatoms. The molecule has 1 amide bonds. The van der Waals surface area contributed by atoms with Crippen LogP contribution in [0.1, 0.15) is 25.5 Å². The number of carboxylic acid groups (broad SMARTS) is 1. The molecule has 1 rings (SSSR count). The molecule has 0 bridgehead atoms. The summed E-state index contributed by atoms with van der Waals surface area (Å²) in [5.74, 6) is -1.28. The molecule has 1 heterocycles. The lowest BCUT2D eigenvalue weighted by atomic mass is 10.1. The number of aliphatic carboxylic acids is 1. The van der Waals surface area contributed by atoms with Crippen molar-refractivity contribution in [3.8, 4) is 0 Å². The van der Waals surface area contributed by atoms with Crippen molar-refractivity contribution in [3.63, 3.8) is 0 Å². The molecule has 1 aromatic rings. The summed E-state index contributed by atoms with van der Waals surface area (Å²) in [6, 6.07) is -0.903. The highest BCUT2D eigenvalue weighted by Gasteiger charge is 2.20. The average Bonchev–Trinajstić information content (AvgIpc) is 2.69. The van der Waals surface area contributed by atoms with E-state index in [2.05, 4.69) is 15.3 Å². The number of aromatic nitrogens is 2. The van der Waals surface area contributed by atoms with Crippen LogP contribution in [0, 0.1) is 0 Å². The van der Waals surface area contributed by atoms with Gasteiger partial charge in [0.05, 0.1) is 6.33 Å². The number of hydrogen-bond acceptors (Lipinski definition) is 3. The maximum absolute atomic E-state index is 11.3. The fourth-order valence-electron chi connectivity index (χ4n) is 1.31. The summed E-state index contributed by atoms with van der Waals surface area (Å²) in [5.41, 5.74) is 0.684. The van der Waals surface area contributed by atoms with Crippen LogP contribution in [0.25, 0.3) is 0 Å². The van der Waals surface area contributed by atoms with Crippen LogP contribution in [-0.4, -0.2) is 33.0 Å². The molecule has 0 saturated carbocycles. The van der Waals surface area contributed by atoms with Crippen molar-refractivity contribution in [2.75, 3.05) is 0 Å². The first-order valence-corrected chi connectivity index (χ1v) is 5.13. The van der Waals surface area contributed by atoms with E-state index in [1.807, 2.05) is 6.92 Å². The first-order chi connectivity index (χ1) is 7.63. The largest absolute Gasteiger partial charge is 0.480 e. The van der Waals surface area contributed by atoms with Crippen molar-refractivity contribution in [2.45, 2.75) is 32.2 Å². The topological polar surface area (TPSA) is 95.1 Å². The van der Waals surface area contributed by atoms with Gasteiger partial charge in [0.1, 0.15) is 6.04 Å². The molecule has 16 heavy (non-hydrogen) atoms. The second kappa shape index (κ2) is 5.89. The van der Waals surface area contributed by atoms with Crippen molar-refractivity contribution in [2.24, 2.45) is 0 Å². The van der Waals surface area contributed by atoms with Crippen LogP contribution in [0.4, 0.5) is 0 Å². The van der Waals surface area contributed by atoms with Crippen LogP contribution >= 0.6 is 0 Å². The molecule has 0 aliphatic carbocycles. The maximum Gasteiger partial charge on any atom is 0.326 e. The van der Waals surface area contributed by atoms with E-state index in [-0.39, 0.29) is 12.3 Å². The molecule has 0 aliphatic heterocycles. The number of carboxylic acids is 1. The van der Waals surface area contributed by atoms with Gasteiger partial charge in [-0.15, -0.1) is 0 Å². The highest BCUT2D eigenvalue weighted by Crippen LogP contribution is 1.99. The zero-order chi connectivity index (χ0) is 12.0. The molecular weight excluding hydrogens is 210 g/mol. The Morgan fingerprint density at radius 2 is 2.38 bits per heavy atom. The van der Waals surface area contributed by atoms with Crippen LogP contribution in [0.3, 0.4) is 0 Å².